The molecule has 2 fully saturated rings. The van der Waals surface area contributed by atoms with Gasteiger partial charge in [0.2, 0.25) is 17.8 Å². The van der Waals surface area contributed by atoms with Gasteiger partial charge in [0.05, 0.1) is 18.9 Å². The first-order chi connectivity index (χ1) is 16.6. The Morgan fingerprint density at radius 1 is 1.00 bits per heavy atom. The number of aromatic nitrogens is 2. The van der Waals surface area contributed by atoms with Gasteiger partial charge >= 0.3 is 0 Å². The zero-order valence-corrected chi connectivity index (χ0v) is 18.7. The molecule has 0 spiro atoms. The van der Waals surface area contributed by atoms with Gasteiger partial charge in [-0.05, 0) is 48.9 Å². The lowest BCUT2D eigenvalue weighted by Gasteiger charge is -2.28. The molecule has 2 amide bonds. The van der Waals surface area contributed by atoms with Gasteiger partial charge in [-0.15, -0.1) is 0 Å². The van der Waals surface area contributed by atoms with Crippen LogP contribution in [0, 0.1) is 0 Å². The highest BCUT2D eigenvalue weighted by molar-refractivity contribution is 6.03. The fourth-order valence-electron chi connectivity index (χ4n) is 4.36. The van der Waals surface area contributed by atoms with Crippen LogP contribution in [0.15, 0.2) is 60.8 Å². The summed E-state index contributed by atoms with van der Waals surface area (Å²) in [5.74, 6) is -0.0895. The summed E-state index contributed by atoms with van der Waals surface area (Å²) in [6, 6.07) is 16.8. The minimum absolute atomic E-state index is 0.0929. The maximum absolute atomic E-state index is 12.3. The Bertz CT molecular complexity index is 1180. The molecule has 9 heteroatoms. The Morgan fingerprint density at radius 3 is 2.41 bits per heavy atom. The molecule has 0 aliphatic carbocycles. The van der Waals surface area contributed by atoms with E-state index in [0.29, 0.717) is 24.5 Å². The summed E-state index contributed by atoms with van der Waals surface area (Å²) in [6.07, 6.45) is 2.47. The number of morpholine rings is 1. The lowest BCUT2D eigenvalue weighted by Crippen LogP contribution is -2.42. The Hall–Kier alpha value is -3.98. The summed E-state index contributed by atoms with van der Waals surface area (Å²) in [7, 11) is 0. The van der Waals surface area contributed by atoms with Crippen LogP contribution in [0.2, 0.25) is 0 Å². The van der Waals surface area contributed by atoms with E-state index in [1.807, 2.05) is 42.5 Å². The number of ether oxygens (including phenoxy) is 1. The normalized spacial score (nSPS) is 18.2. The number of primary amides is 1. The van der Waals surface area contributed by atoms with Crippen molar-refractivity contribution in [2.24, 2.45) is 5.73 Å². The van der Waals surface area contributed by atoms with Crippen LogP contribution in [0.1, 0.15) is 12.8 Å². The molecule has 0 bridgehead atoms. The molecule has 174 valence electrons. The summed E-state index contributed by atoms with van der Waals surface area (Å²) in [5.41, 5.74) is 9.81. The number of carbonyl (C=O) groups excluding carboxylic acids is 2. The van der Waals surface area contributed by atoms with Crippen molar-refractivity contribution in [1.82, 2.24) is 9.97 Å². The van der Waals surface area contributed by atoms with Gasteiger partial charge in [-0.2, -0.15) is 0 Å². The number of carbonyl (C=O) groups is 2. The van der Waals surface area contributed by atoms with E-state index in [2.05, 4.69) is 32.3 Å². The van der Waals surface area contributed by atoms with Crippen molar-refractivity contribution in [1.29, 1.82) is 0 Å². The molecule has 2 aliphatic rings. The second-order valence-electron chi connectivity index (χ2n) is 8.30. The average molecular weight is 459 g/mol. The van der Waals surface area contributed by atoms with E-state index in [4.69, 9.17) is 10.5 Å². The predicted molar refractivity (Wildman–Crippen MR) is 130 cm³/mol. The first kappa shape index (κ1) is 21.8. The Balaban J connectivity index is 1.29. The number of anilines is 4. The second-order valence-corrected chi connectivity index (χ2v) is 8.30. The summed E-state index contributed by atoms with van der Waals surface area (Å²) in [4.78, 5) is 36.7. The van der Waals surface area contributed by atoms with Crippen molar-refractivity contribution in [2.75, 3.05) is 41.4 Å². The van der Waals surface area contributed by atoms with Crippen LogP contribution < -0.4 is 20.9 Å². The fourth-order valence-corrected chi connectivity index (χ4v) is 4.36. The van der Waals surface area contributed by atoms with Crippen molar-refractivity contribution < 1.29 is 14.3 Å². The molecule has 3 aromatic rings. The zero-order valence-electron chi connectivity index (χ0n) is 18.7. The van der Waals surface area contributed by atoms with E-state index in [-0.39, 0.29) is 5.91 Å². The van der Waals surface area contributed by atoms with Crippen LogP contribution >= 0.6 is 0 Å². The van der Waals surface area contributed by atoms with Crippen LogP contribution in [-0.4, -0.2) is 54.1 Å². The molecular formula is C25H26N6O3. The van der Waals surface area contributed by atoms with E-state index in [0.717, 1.165) is 43.2 Å². The van der Waals surface area contributed by atoms with Gasteiger partial charge < -0.3 is 20.7 Å². The topological polar surface area (TPSA) is 114 Å². The van der Waals surface area contributed by atoms with Gasteiger partial charge in [-0.25, -0.2) is 9.97 Å². The van der Waals surface area contributed by atoms with Gasteiger partial charge in [-0.1, -0.05) is 12.1 Å². The van der Waals surface area contributed by atoms with Crippen molar-refractivity contribution in [3.05, 3.63) is 60.8 Å². The van der Waals surface area contributed by atoms with Crippen molar-refractivity contribution in [3.8, 4) is 11.3 Å². The number of rotatable bonds is 6. The fraction of sp³-hybridized carbons (Fsp3) is 0.280. The maximum atomic E-state index is 12.3. The van der Waals surface area contributed by atoms with Crippen molar-refractivity contribution in [2.45, 2.75) is 18.9 Å². The van der Waals surface area contributed by atoms with E-state index in [9.17, 15) is 9.59 Å². The highest BCUT2D eigenvalue weighted by Gasteiger charge is 2.35. The van der Waals surface area contributed by atoms with Crippen molar-refractivity contribution in [3.63, 3.8) is 0 Å². The third kappa shape index (κ3) is 4.55. The van der Waals surface area contributed by atoms with E-state index < -0.39 is 11.9 Å². The third-order valence-corrected chi connectivity index (χ3v) is 6.14. The highest BCUT2D eigenvalue weighted by Crippen LogP contribution is 2.29. The Kier molecular flexibility index (Phi) is 6.09. The number of nitrogens with zero attached hydrogens (tertiary/aromatic N) is 4. The molecule has 2 aromatic carbocycles. The molecular weight excluding hydrogens is 432 g/mol. The van der Waals surface area contributed by atoms with Gasteiger partial charge in [-0.3, -0.25) is 14.5 Å². The molecule has 9 nitrogen and oxygen atoms in total. The number of nitrogens with two attached hydrogens (primary N) is 1. The van der Waals surface area contributed by atoms with Crippen LogP contribution in [0.4, 0.5) is 23.0 Å². The summed E-state index contributed by atoms with van der Waals surface area (Å²) in [6.45, 7) is 3.29. The second kappa shape index (κ2) is 9.48. The van der Waals surface area contributed by atoms with Crippen LogP contribution in [-0.2, 0) is 14.3 Å². The molecule has 2 aliphatic heterocycles. The highest BCUT2D eigenvalue weighted by atomic mass is 16.5. The SMILES string of the molecule is NC(=O)[C@H]1CCC(=O)N1c1ccc(-c2ccnc(Nc3ccc(N4CCOCC4)cc3)n2)cc1. The van der Waals surface area contributed by atoms with Crippen LogP contribution in [0.5, 0.6) is 0 Å². The first-order valence-corrected chi connectivity index (χ1v) is 11.3. The molecule has 5 rings (SSSR count). The van der Waals surface area contributed by atoms with Crippen LogP contribution in [0.25, 0.3) is 11.3 Å². The molecule has 0 unspecified atom stereocenters. The lowest BCUT2D eigenvalue weighted by atomic mass is 10.1. The predicted octanol–water partition coefficient (Wildman–Crippen LogP) is 2.70. The molecule has 3 heterocycles. The Morgan fingerprint density at radius 2 is 1.71 bits per heavy atom. The number of amides is 2. The number of hydrogen-bond donors (Lipinski definition) is 2. The largest absolute Gasteiger partial charge is 0.378 e. The molecule has 0 saturated carbocycles. The first-order valence-electron chi connectivity index (χ1n) is 11.3. The monoisotopic (exact) mass is 458 g/mol. The van der Waals surface area contributed by atoms with Crippen molar-refractivity contribution >= 4 is 34.8 Å². The van der Waals surface area contributed by atoms with E-state index in [1.54, 1.807) is 6.20 Å². The van der Waals surface area contributed by atoms with Gasteiger partial charge in [0.1, 0.15) is 6.04 Å². The smallest absolute Gasteiger partial charge is 0.240 e. The maximum Gasteiger partial charge on any atom is 0.240 e. The standard InChI is InChI=1S/C25H26N6O3/c26-24(33)22-9-10-23(32)31(22)20-5-1-17(2-6-20)21-11-12-27-25(29-21)28-18-3-7-19(8-4-18)30-13-15-34-16-14-30/h1-8,11-12,22H,9-10,13-16H2,(H2,26,33)(H,27,28,29)/t22-/m1/s1. The molecule has 34 heavy (non-hydrogen) atoms. The zero-order chi connectivity index (χ0) is 23.5. The van der Waals surface area contributed by atoms with Crippen LogP contribution in [0.3, 0.4) is 0 Å². The van der Waals surface area contributed by atoms with E-state index >= 15 is 0 Å². The van der Waals surface area contributed by atoms with Gasteiger partial charge in [0, 0.05) is 48.3 Å². The minimum atomic E-state index is -0.595. The minimum Gasteiger partial charge on any atom is -0.378 e. The molecule has 1 aromatic heterocycles. The molecule has 1 atom stereocenters. The number of hydrogen-bond acceptors (Lipinski definition) is 7. The van der Waals surface area contributed by atoms with Gasteiger partial charge in [0.15, 0.2) is 0 Å². The average Bonchev–Trinajstić information content (AvgIpc) is 3.27. The van der Waals surface area contributed by atoms with E-state index in [1.165, 1.54) is 10.6 Å². The molecule has 3 N–H and O–H groups in total. The quantitative estimate of drug-likeness (QED) is 0.584. The third-order valence-electron chi connectivity index (χ3n) is 6.14. The summed E-state index contributed by atoms with van der Waals surface area (Å²) in [5, 5.41) is 3.25. The number of benzene rings is 2. The Labute approximate surface area is 197 Å². The number of nitrogens with one attached hydrogen (secondary N) is 1. The molecule has 0 radical (unpaired) electrons. The lowest BCUT2D eigenvalue weighted by molar-refractivity contribution is -0.121. The molecule has 2 saturated heterocycles. The summed E-state index contributed by atoms with van der Waals surface area (Å²) >= 11 is 0. The van der Waals surface area contributed by atoms with Gasteiger partial charge in [0.25, 0.3) is 0 Å². The summed E-state index contributed by atoms with van der Waals surface area (Å²) < 4.78 is 5.42.